The second kappa shape index (κ2) is 4.09. The number of hydrogen-bond acceptors (Lipinski definition) is 2. The van der Waals surface area contributed by atoms with Crippen LogP contribution >= 0.6 is 0 Å². The third-order valence-corrected chi connectivity index (χ3v) is 0.765. The number of carbonyl (C=O) groups is 1. The fourth-order valence-corrected chi connectivity index (χ4v) is 0.289. The van der Waals surface area contributed by atoms with Gasteiger partial charge in [0.15, 0.2) is 0 Å². The van der Waals surface area contributed by atoms with E-state index in [0.29, 0.717) is 5.57 Å². The van der Waals surface area contributed by atoms with Gasteiger partial charge in [0.25, 0.3) is 0 Å². The first kappa shape index (κ1) is 8.17. The van der Waals surface area contributed by atoms with E-state index >= 15 is 0 Å². The first-order valence-electron chi connectivity index (χ1n) is 2.61. The highest BCUT2D eigenvalue weighted by atomic mass is 16.5. The summed E-state index contributed by atoms with van der Waals surface area (Å²) in [6, 6.07) is 0. The SMILES string of the molecule is C=C(C)C(=O)NCOC. The van der Waals surface area contributed by atoms with Crippen molar-refractivity contribution in [2.75, 3.05) is 13.8 Å². The van der Waals surface area contributed by atoms with Crippen LogP contribution in [0.4, 0.5) is 0 Å². The summed E-state index contributed by atoms with van der Waals surface area (Å²) in [5, 5.41) is 2.47. The maximum atomic E-state index is 10.6. The molecule has 1 N–H and O–H groups in total. The molecule has 0 saturated heterocycles. The molecule has 0 atom stereocenters. The largest absolute Gasteiger partial charge is 0.364 e. The highest BCUT2D eigenvalue weighted by Gasteiger charge is 1.96. The minimum absolute atomic E-state index is 0.170. The van der Waals surface area contributed by atoms with Crippen LogP contribution < -0.4 is 5.32 Å². The summed E-state index contributed by atoms with van der Waals surface area (Å²) in [6.45, 7) is 5.33. The second-order valence-corrected chi connectivity index (χ2v) is 1.72. The zero-order valence-corrected chi connectivity index (χ0v) is 5.73. The summed E-state index contributed by atoms with van der Waals surface area (Å²) < 4.78 is 4.59. The predicted molar refractivity (Wildman–Crippen MR) is 34.8 cm³/mol. The molecule has 0 saturated carbocycles. The molecule has 0 rings (SSSR count). The van der Waals surface area contributed by atoms with Gasteiger partial charge in [-0.05, 0) is 6.92 Å². The quantitative estimate of drug-likeness (QED) is 0.439. The molecule has 9 heavy (non-hydrogen) atoms. The molecule has 0 aliphatic carbocycles. The van der Waals surface area contributed by atoms with E-state index in [2.05, 4.69) is 16.6 Å². The zero-order chi connectivity index (χ0) is 7.28. The summed E-state index contributed by atoms with van der Waals surface area (Å²) in [6.07, 6.45) is 0. The Kier molecular flexibility index (Phi) is 3.71. The molecule has 0 spiro atoms. The molecule has 3 heteroatoms. The molecule has 0 aromatic heterocycles. The van der Waals surface area contributed by atoms with E-state index in [1.807, 2.05) is 0 Å². The van der Waals surface area contributed by atoms with E-state index in [0.717, 1.165) is 0 Å². The van der Waals surface area contributed by atoms with Gasteiger partial charge in [-0.2, -0.15) is 0 Å². The van der Waals surface area contributed by atoms with Crippen LogP contribution in [0.1, 0.15) is 6.92 Å². The van der Waals surface area contributed by atoms with Crippen molar-refractivity contribution >= 4 is 5.91 Å². The Bertz CT molecular complexity index is 120. The smallest absolute Gasteiger partial charge is 0.248 e. The van der Waals surface area contributed by atoms with Gasteiger partial charge in [-0.3, -0.25) is 4.79 Å². The highest BCUT2D eigenvalue weighted by Crippen LogP contribution is 1.83. The van der Waals surface area contributed by atoms with Gasteiger partial charge in [0.05, 0.1) is 0 Å². The van der Waals surface area contributed by atoms with E-state index < -0.39 is 0 Å². The lowest BCUT2D eigenvalue weighted by Gasteiger charge is -2.00. The first-order chi connectivity index (χ1) is 4.18. The van der Waals surface area contributed by atoms with Crippen LogP contribution in [0.5, 0.6) is 0 Å². The van der Waals surface area contributed by atoms with Crippen LogP contribution in [-0.2, 0) is 9.53 Å². The van der Waals surface area contributed by atoms with Crippen molar-refractivity contribution in [3.05, 3.63) is 12.2 Å². The summed E-state index contributed by atoms with van der Waals surface area (Å²) in [7, 11) is 1.51. The summed E-state index contributed by atoms with van der Waals surface area (Å²) in [5.41, 5.74) is 0.493. The zero-order valence-electron chi connectivity index (χ0n) is 5.73. The maximum absolute atomic E-state index is 10.6. The number of ether oxygens (including phenoxy) is 1. The van der Waals surface area contributed by atoms with E-state index in [-0.39, 0.29) is 12.6 Å². The van der Waals surface area contributed by atoms with Gasteiger partial charge in [-0.25, -0.2) is 0 Å². The molecular formula is C6H11NO2. The van der Waals surface area contributed by atoms with Crippen molar-refractivity contribution in [2.24, 2.45) is 0 Å². The molecule has 0 heterocycles. The summed E-state index contributed by atoms with van der Waals surface area (Å²) in [4.78, 5) is 10.6. The third-order valence-electron chi connectivity index (χ3n) is 0.765. The van der Waals surface area contributed by atoms with E-state index in [1.165, 1.54) is 7.11 Å². The van der Waals surface area contributed by atoms with Crippen LogP contribution in [0.15, 0.2) is 12.2 Å². The molecular weight excluding hydrogens is 118 g/mol. The molecule has 0 aromatic carbocycles. The molecule has 0 aliphatic heterocycles. The third kappa shape index (κ3) is 3.73. The molecule has 0 aliphatic rings. The minimum Gasteiger partial charge on any atom is -0.364 e. The van der Waals surface area contributed by atoms with Crippen molar-refractivity contribution in [2.45, 2.75) is 6.92 Å². The van der Waals surface area contributed by atoms with Crippen LogP contribution in [0, 0.1) is 0 Å². The average Bonchev–Trinajstić information content (AvgIpc) is 1.82. The minimum atomic E-state index is -0.170. The number of nitrogens with one attached hydrogen (secondary N) is 1. The second-order valence-electron chi connectivity index (χ2n) is 1.72. The van der Waals surface area contributed by atoms with Crippen LogP contribution in [0.2, 0.25) is 0 Å². The van der Waals surface area contributed by atoms with Gasteiger partial charge in [-0.1, -0.05) is 6.58 Å². The lowest BCUT2D eigenvalue weighted by atomic mass is 10.3. The summed E-state index contributed by atoms with van der Waals surface area (Å²) in [5.74, 6) is -0.170. The standard InChI is InChI=1S/C6H11NO2/c1-5(2)6(8)7-4-9-3/h1,4H2,2-3H3,(H,7,8). The van der Waals surface area contributed by atoms with Gasteiger partial charge < -0.3 is 10.1 Å². The molecule has 0 fully saturated rings. The van der Waals surface area contributed by atoms with Gasteiger partial charge >= 0.3 is 0 Å². The number of amides is 1. The first-order valence-corrected chi connectivity index (χ1v) is 2.61. The summed E-state index contributed by atoms with van der Waals surface area (Å²) >= 11 is 0. The van der Waals surface area contributed by atoms with E-state index in [9.17, 15) is 4.79 Å². The Balaban J connectivity index is 3.39. The number of hydrogen-bond donors (Lipinski definition) is 1. The predicted octanol–water partition coefficient (Wildman–Crippen LogP) is 0.283. The monoisotopic (exact) mass is 129 g/mol. The highest BCUT2D eigenvalue weighted by molar-refractivity contribution is 5.91. The average molecular weight is 129 g/mol. The van der Waals surface area contributed by atoms with Crippen molar-refractivity contribution in [3.63, 3.8) is 0 Å². The molecule has 0 aromatic rings. The number of rotatable bonds is 3. The van der Waals surface area contributed by atoms with Crippen LogP contribution in [0.3, 0.4) is 0 Å². The fourth-order valence-electron chi connectivity index (χ4n) is 0.289. The van der Waals surface area contributed by atoms with Crippen molar-refractivity contribution in [1.29, 1.82) is 0 Å². The lowest BCUT2D eigenvalue weighted by Crippen LogP contribution is -2.25. The molecule has 0 unspecified atom stereocenters. The number of carbonyl (C=O) groups excluding carboxylic acids is 1. The fraction of sp³-hybridized carbons (Fsp3) is 0.500. The Morgan fingerprint density at radius 3 is 2.67 bits per heavy atom. The topological polar surface area (TPSA) is 38.3 Å². The Morgan fingerprint density at radius 2 is 2.33 bits per heavy atom. The van der Waals surface area contributed by atoms with Crippen molar-refractivity contribution in [1.82, 2.24) is 5.32 Å². The molecule has 3 nitrogen and oxygen atoms in total. The van der Waals surface area contributed by atoms with Gasteiger partial charge in [-0.15, -0.1) is 0 Å². The molecule has 0 radical (unpaired) electrons. The van der Waals surface area contributed by atoms with E-state index in [1.54, 1.807) is 6.92 Å². The molecule has 0 bridgehead atoms. The van der Waals surface area contributed by atoms with Crippen LogP contribution in [-0.4, -0.2) is 19.7 Å². The van der Waals surface area contributed by atoms with Crippen LogP contribution in [0.25, 0.3) is 0 Å². The Hall–Kier alpha value is -0.830. The van der Waals surface area contributed by atoms with Crippen molar-refractivity contribution in [3.8, 4) is 0 Å². The lowest BCUT2D eigenvalue weighted by molar-refractivity contribution is -0.118. The molecule has 1 amide bonds. The van der Waals surface area contributed by atoms with Gasteiger partial charge in [0.2, 0.25) is 5.91 Å². The van der Waals surface area contributed by atoms with Gasteiger partial charge in [0.1, 0.15) is 6.73 Å². The Labute approximate surface area is 54.7 Å². The van der Waals surface area contributed by atoms with E-state index in [4.69, 9.17) is 0 Å². The maximum Gasteiger partial charge on any atom is 0.248 e. The van der Waals surface area contributed by atoms with Gasteiger partial charge in [0, 0.05) is 12.7 Å². The molecule has 52 valence electrons. The normalized spacial score (nSPS) is 8.67. The number of methoxy groups -OCH3 is 1. The van der Waals surface area contributed by atoms with Crippen molar-refractivity contribution < 1.29 is 9.53 Å². The Morgan fingerprint density at radius 1 is 1.78 bits per heavy atom.